The van der Waals surface area contributed by atoms with E-state index in [1.165, 1.54) is 5.56 Å². The quantitative estimate of drug-likeness (QED) is 0.445. The summed E-state index contributed by atoms with van der Waals surface area (Å²) in [5, 5.41) is -0.700. The number of rotatable bonds is 5. The molecule has 1 aliphatic rings. The normalized spacial score (nSPS) is 17.0. The van der Waals surface area contributed by atoms with E-state index in [0.717, 1.165) is 54.4 Å². The highest BCUT2D eigenvalue weighted by atomic mass is 31.1. The minimum atomic E-state index is -1.65. The first kappa shape index (κ1) is 19.0. The van der Waals surface area contributed by atoms with Gasteiger partial charge in [0.2, 0.25) is 0 Å². The Morgan fingerprint density at radius 2 is 1.54 bits per heavy atom. The lowest BCUT2D eigenvalue weighted by Gasteiger charge is -2.35. The Bertz CT molecular complexity index is 794. The molecule has 1 radical (unpaired) electrons. The van der Waals surface area contributed by atoms with Crippen molar-refractivity contribution >= 4 is 13.6 Å². The molecule has 2 aromatic carbocycles. The third-order valence-electron chi connectivity index (χ3n) is 5.65. The number of carbonyl (C=O) groups excluding carboxylic acids is 1. The molecule has 0 aliphatic heterocycles. The molecule has 2 nitrogen and oxygen atoms in total. The fourth-order valence-electron chi connectivity index (χ4n) is 4.40. The summed E-state index contributed by atoms with van der Waals surface area (Å²) in [7, 11) is -1.65. The van der Waals surface area contributed by atoms with Crippen molar-refractivity contribution in [3.05, 3.63) is 70.3 Å². The van der Waals surface area contributed by atoms with Gasteiger partial charge in [0.25, 0.3) is 0 Å². The molecule has 26 heavy (non-hydrogen) atoms. The zero-order valence-corrected chi connectivity index (χ0v) is 16.9. The van der Waals surface area contributed by atoms with Gasteiger partial charge in [-0.25, -0.2) is 0 Å². The Kier molecular flexibility index (Phi) is 5.73. The molecule has 2 aromatic rings. The molecule has 3 rings (SSSR count). The maximum Gasteiger partial charge on any atom is 0.180 e. The Morgan fingerprint density at radius 3 is 2.12 bits per heavy atom. The van der Waals surface area contributed by atoms with Crippen LogP contribution in [0, 0.1) is 20.8 Å². The Balaban J connectivity index is 2.00. The van der Waals surface area contributed by atoms with Crippen LogP contribution in [0.2, 0.25) is 0 Å². The first-order chi connectivity index (χ1) is 12.4. The van der Waals surface area contributed by atoms with Crippen LogP contribution in [0.15, 0.2) is 42.5 Å². The van der Waals surface area contributed by atoms with Gasteiger partial charge in [-0.05, 0) is 50.3 Å². The fraction of sp³-hybridized carbons (Fsp3) is 0.435. The second-order valence-corrected chi connectivity index (χ2v) is 9.65. The largest absolute Gasteiger partial charge is 0.293 e. The lowest BCUT2D eigenvalue weighted by atomic mass is 9.80. The Morgan fingerprint density at radius 1 is 0.962 bits per heavy atom. The summed E-state index contributed by atoms with van der Waals surface area (Å²) in [5.74, 6) is 0.115. The maximum atomic E-state index is 13.7. The number of aryl methyl sites for hydroxylation is 3. The highest BCUT2D eigenvalue weighted by molar-refractivity contribution is 7.47. The second-order valence-electron chi connectivity index (χ2n) is 7.72. The van der Waals surface area contributed by atoms with Crippen LogP contribution in [0.1, 0.15) is 64.7 Å². The minimum absolute atomic E-state index is 0.115. The topological polar surface area (TPSA) is 34.1 Å². The van der Waals surface area contributed by atoms with Crippen LogP contribution in [-0.2, 0) is 10.7 Å². The van der Waals surface area contributed by atoms with E-state index in [4.69, 9.17) is 0 Å². The molecule has 1 saturated carbocycles. The average molecular weight is 367 g/mol. The first-order valence-corrected chi connectivity index (χ1v) is 11.0. The number of carbonyl (C=O) groups is 1. The van der Waals surface area contributed by atoms with Crippen LogP contribution in [0.4, 0.5) is 0 Å². The SMILES string of the molecule is Cc1cc(C)c(C(=O)C2([P](=O)Cc3ccccc3)CCCCC2)c(C)c1. The van der Waals surface area contributed by atoms with Gasteiger partial charge in [0.15, 0.2) is 5.78 Å². The molecule has 1 fully saturated rings. The standard InChI is InChI=1S/C23H28O2P/c1-17-14-18(2)21(19(3)15-17)22(24)23(12-8-5-9-13-23)26(25)16-20-10-6-4-7-11-20/h4,6-7,10-11,14-15H,5,8-9,12-13,16H2,1-3H3. The van der Waals surface area contributed by atoms with Gasteiger partial charge in [-0.2, -0.15) is 0 Å². The van der Waals surface area contributed by atoms with E-state index >= 15 is 0 Å². The molecule has 0 spiro atoms. The fourth-order valence-corrected chi connectivity index (χ4v) is 6.40. The van der Waals surface area contributed by atoms with Crippen molar-refractivity contribution in [3.63, 3.8) is 0 Å². The zero-order chi connectivity index (χ0) is 18.7. The highest BCUT2D eigenvalue weighted by Crippen LogP contribution is 2.53. The maximum absolute atomic E-state index is 13.7. The van der Waals surface area contributed by atoms with Crippen LogP contribution in [0.3, 0.4) is 0 Å². The predicted molar refractivity (Wildman–Crippen MR) is 109 cm³/mol. The third-order valence-corrected chi connectivity index (χ3v) is 7.91. The van der Waals surface area contributed by atoms with Gasteiger partial charge in [0.05, 0.1) is 7.80 Å². The number of hydrogen-bond acceptors (Lipinski definition) is 2. The Labute approximate surface area is 157 Å². The van der Waals surface area contributed by atoms with E-state index in [1.54, 1.807) is 0 Å². The lowest BCUT2D eigenvalue weighted by molar-refractivity contribution is 0.0911. The molecule has 3 heteroatoms. The second kappa shape index (κ2) is 7.84. The predicted octanol–water partition coefficient (Wildman–Crippen LogP) is 6.53. The van der Waals surface area contributed by atoms with Crippen LogP contribution in [0.25, 0.3) is 0 Å². The van der Waals surface area contributed by atoms with E-state index in [9.17, 15) is 9.36 Å². The highest BCUT2D eigenvalue weighted by Gasteiger charge is 2.46. The monoisotopic (exact) mass is 367 g/mol. The summed E-state index contributed by atoms with van der Waals surface area (Å²) >= 11 is 0. The minimum Gasteiger partial charge on any atom is -0.293 e. The van der Waals surface area contributed by atoms with Gasteiger partial charge in [-0.3, -0.25) is 9.36 Å². The first-order valence-electron chi connectivity index (χ1n) is 9.55. The van der Waals surface area contributed by atoms with Crippen molar-refractivity contribution < 1.29 is 9.36 Å². The molecule has 0 bridgehead atoms. The molecule has 0 saturated heterocycles. The van der Waals surface area contributed by atoms with Crippen LogP contribution >= 0.6 is 7.80 Å². The summed E-state index contributed by atoms with van der Waals surface area (Å²) in [5.41, 5.74) is 5.06. The van der Waals surface area contributed by atoms with Crippen molar-refractivity contribution in [1.82, 2.24) is 0 Å². The molecule has 1 atom stereocenters. The molecule has 0 heterocycles. The van der Waals surface area contributed by atoms with Crippen molar-refractivity contribution in [2.24, 2.45) is 0 Å². The summed E-state index contributed by atoms with van der Waals surface area (Å²) in [6, 6.07) is 14.1. The zero-order valence-electron chi connectivity index (χ0n) is 16.0. The summed E-state index contributed by atoms with van der Waals surface area (Å²) in [6.07, 6.45) is 5.11. The van der Waals surface area contributed by atoms with Gasteiger partial charge >= 0.3 is 0 Å². The molecule has 0 aromatic heterocycles. The number of Topliss-reactive ketones (excluding diaryl/α,β-unsaturated/α-hetero) is 1. The molecule has 0 amide bonds. The van der Waals surface area contributed by atoms with Gasteiger partial charge < -0.3 is 0 Å². The van der Waals surface area contributed by atoms with Crippen molar-refractivity contribution in [2.75, 3.05) is 0 Å². The molecule has 1 unspecified atom stereocenters. The third kappa shape index (κ3) is 3.67. The Hall–Kier alpha value is -1.79. The lowest BCUT2D eigenvalue weighted by Crippen LogP contribution is -2.38. The molecular formula is C23H28O2P. The molecule has 0 N–H and O–H groups in total. The van der Waals surface area contributed by atoms with Gasteiger partial charge in [-0.1, -0.05) is 67.3 Å². The molecule has 137 valence electrons. The van der Waals surface area contributed by atoms with Crippen LogP contribution in [-0.4, -0.2) is 10.9 Å². The van der Waals surface area contributed by atoms with Gasteiger partial charge in [0, 0.05) is 11.7 Å². The number of benzene rings is 2. The van der Waals surface area contributed by atoms with E-state index in [2.05, 4.69) is 19.1 Å². The van der Waals surface area contributed by atoms with Crippen molar-refractivity contribution in [1.29, 1.82) is 0 Å². The van der Waals surface area contributed by atoms with E-state index in [-0.39, 0.29) is 5.78 Å². The average Bonchev–Trinajstić information content (AvgIpc) is 2.62. The summed E-state index contributed by atoms with van der Waals surface area (Å²) in [6.45, 7) is 6.07. The van der Waals surface area contributed by atoms with Gasteiger partial charge in [0.1, 0.15) is 5.16 Å². The van der Waals surface area contributed by atoms with E-state index < -0.39 is 13.0 Å². The number of hydrogen-bond donors (Lipinski definition) is 0. The number of ketones is 1. The van der Waals surface area contributed by atoms with Crippen molar-refractivity contribution in [2.45, 2.75) is 64.2 Å². The summed E-state index contributed by atoms with van der Waals surface area (Å²) in [4.78, 5) is 13.7. The smallest absolute Gasteiger partial charge is 0.180 e. The van der Waals surface area contributed by atoms with Crippen LogP contribution in [0.5, 0.6) is 0 Å². The van der Waals surface area contributed by atoms with Crippen LogP contribution < -0.4 is 0 Å². The molecule has 1 aliphatic carbocycles. The summed E-state index contributed by atoms with van der Waals surface area (Å²) < 4.78 is 13.5. The van der Waals surface area contributed by atoms with Gasteiger partial charge in [-0.15, -0.1) is 0 Å². The van der Waals surface area contributed by atoms with E-state index in [0.29, 0.717) is 6.16 Å². The van der Waals surface area contributed by atoms with Crippen molar-refractivity contribution in [3.8, 4) is 0 Å². The van der Waals surface area contributed by atoms with E-state index in [1.807, 2.05) is 44.2 Å². The molecular weight excluding hydrogens is 339 g/mol.